The van der Waals surface area contributed by atoms with Crippen molar-refractivity contribution in [1.29, 1.82) is 0 Å². The highest BCUT2D eigenvalue weighted by atomic mass is 19.1. The second kappa shape index (κ2) is 8.27. The molecule has 1 fully saturated rings. The minimum Gasteiger partial charge on any atom is -0.351 e. The predicted molar refractivity (Wildman–Crippen MR) is 91.9 cm³/mol. The monoisotopic (exact) mass is 334 g/mol. The molecule has 0 aliphatic carbocycles. The van der Waals surface area contributed by atoms with Gasteiger partial charge < -0.3 is 10.2 Å². The Bertz CT molecular complexity index is 571. The van der Waals surface area contributed by atoms with Gasteiger partial charge in [0, 0.05) is 32.4 Å². The number of nitrogens with zero attached hydrogens (tertiary/aromatic N) is 1. The summed E-state index contributed by atoms with van der Waals surface area (Å²) in [6.07, 6.45) is 1.93. The van der Waals surface area contributed by atoms with Crippen LogP contribution in [0.3, 0.4) is 0 Å². The molecule has 2 amide bonds. The maximum absolute atomic E-state index is 12.9. The fraction of sp³-hybridized carbons (Fsp3) is 0.579. The molecule has 1 heterocycles. The highest BCUT2D eigenvalue weighted by Crippen LogP contribution is 2.24. The fourth-order valence-electron chi connectivity index (χ4n) is 3.30. The van der Waals surface area contributed by atoms with Crippen LogP contribution in [-0.2, 0) is 16.0 Å². The van der Waals surface area contributed by atoms with E-state index in [2.05, 4.69) is 19.2 Å². The van der Waals surface area contributed by atoms with Crippen LogP contribution in [0.2, 0.25) is 0 Å². The Balaban J connectivity index is 1.80. The number of aryl methyl sites for hydroxylation is 1. The molecular weight excluding hydrogens is 307 g/mol. The molecule has 0 saturated carbocycles. The fourth-order valence-corrected chi connectivity index (χ4v) is 3.30. The van der Waals surface area contributed by atoms with Crippen molar-refractivity contribution in [2.75, 3.05) is 13.1 Å². The molecule has 1 aliphatic heterocycles. The van der Waals surface area contributed by atoms with E-state index in [0.29, 0.717) is 31.3 Å². The van der Waals surface area contributed by atoms with E-state index >= 15 is 0 Å². The van der Waals surface area contributed by atoms with Gasteiger partial charge in [-0.05, 0) is 36.5 Å². The van der Waals surface area contributed by atoms with Gasteiger partial charge in [0.05, 0.1) is 6.04 Å². The summed E-state index contributed by atoms with van der Waals surface area (Å²) in [5, 5.41) is 3.10. The summed E-state index contributed by atoms with van der Waals surface area (Å²) in [6.45, 7) is 7.14. The van der Waals surface area contributed by atoms with Crippen molar-refractivity contribution >= 4 is 11.8 Å². The molecule has 0 bridgehead atoms. The van der Waals surface area contributed by atoms with Gasteiger partial charge in [0.2, 0.25) is 11.8 Å². The topological polar surface area (TPSA) is 49.4 Å². The van der Waals surface area contributed by atoms with E-state index in [4.69, 9.17) is 0 Å². The summed E-state index contributed by atoms with van der Waals surface area (Å²) in [4.78, 5) is 25.6. The van der Waals surface area contributed by atoms with Crippen LogP contribution in [-0.4, -0.2) is 35.8 Å². The minimum absolute atomic E-state index is 0.0261. The highest BCUT2D eigenvalue weighted by molar-refractivity contribution is 5.77. The van der Waals surface area contributed by atoms with Gasteiger partial charge in [-0.25, -0.2) is 4.39 Å². The molecule has 2 rings (SSSR count). The van der Waals surface area contributed by atoms with Crippen LogP contribution in [0, 0.1) is 17.7 Å². The van der Waals surface area contributed by atoms with Crippen molar-refractivity contribution in [1.82, 2.24) is 10.2 Å². The number of nitrogens with one attached hydrogen (secondary N) is 1. The Kier molecular flexibility index (Phi) is 6.35. The molecule has 24 heavy (non-hydrogen) atoms. The molecule has 2 atom stereocenters. The van der Waals surface area contributed by atoms with Crippen LogP contribution >= 0.6 is 0 Å². The molecule has 1 aliphatic rings. The lowest BCUT2D eigenvalue weighted by atomic mass is 9.91. The molecule has 1 aromatic rings. The molecule has 4 nitrogen and oxygen atoms in total. The minimum atomic E-state index is -0.243. The average Bonchev–Trinajstić information content (AvgIpc) is 2.93. The predicted octanol–water partition coefficient (Wildman–Crippen LogP) is 2.77. The van der Waals surface area contributed by atoms with Crippen molar-refractivity contribution in [2.45, 2.75) is 46.1 Å². The number of rotatable bonds is 6. The number of hydrogen-bond acceptors (Lipinski definition) is 2. The van der Waals surface area contributed by atoms with E-state index in [9.17, 15) is 14.0 Å². The van der Waals surface area contributed by atoms with Gasteiger partial charge >= 0.3 is 0 Å². The molecular formula is C19H27FN2O2. The van der Waals surface area contributed by atoms with E-state index in [1.165, 1.54) is 12.1 Å². The van der Waals surface area contributed by atoms with Gasteiger partial charge in [0.25, 0.3) is 0 Å². The third-order valence-corrected chi connectivity index (χ3v) is 4.80. The summed E-state index contributed by atoms with van der Waals surface area (Å²) >= 11 is 0. The second-order valence-corrected chi connectivity index (χ2v) is 6.99. The molecule has 0 radical (unpaired) electrons. The first-order valence-corrected chi connectivity index (χ1v) is 8.66. The van der Waals surface area contributed by atoms with E-state index in [-0.39, 0.29) is 23.7 Å². The van der Waals surface area contributed by atoms with Gasteiger partial charge in [0.15, 0.2) is 0 Å². The first-order chi connectivity index (χ1) is 11.4. The molecule has 1 N–H and O–H groups in total. The zero-order chi connectivity index (χ0) is 17.7. The maximum atomic E-state index is 12.9. The highest BCUT2D eigenvalue weighted by Gasteiger charge is 2.36. The third-order valence-electron chi connectivity index (χ3n) is 4.80. The molecule has 5 heteroatoms. The van der Waals surface area contributed by atoms with Crippen LogP contribution in [0.4, 0.5) is 4.39 Å². The van der Waals surface area contributed by atoms with E-state index in [1.54, 1.807) is 19.1 Å². The largest absolute Gasteiger partial charge is 0.351 e. The Hall–Kier alpha value is -1.91. The molecule has 1 aromatic carbocycles. The van der Waals surface area contributed by atoms with Crippen molar-refractivity contribution in [3.63, 3.8) is 0 Å². The van der Waals surface area contributed by atoms with Crippen molar-refractivity contribution < 1.29 is 14.0 Å². The van der Waals surface area contributed by atoms with Crippen LogP contribution in [0.15, 0.2) is 24.3 Å². The van der Waals surface area contributed by atoms with Gasteiger partial charge in [0.1, 0.15) is 5.82 Å². The number of likely N-dealkylation sites (tertiary alicyclic amines) is 1. The van der Waals surface area contributed by atoms with Crippen LogP contribution in [0.25, 0.3) is 0 Å². The number of benzene rings is 1. The molecule has 1 saturated heterocycles. The first kappa shape index (κ1) is 18.4. The lowest BCUT2D eigenvalue weighted by Gasteiger charge is -2.22. The Morgan fingerprint density at radius 1 is 1.25 bits per heavy atom. The van der Waals surface area contributed by atoms with Crippen LogP contribution < -0.4 is 5.32 Å². The number of halogens is 1. The first-order valence-electron chi connectivity index (χ1n) is 8.66. The second-order valence-electron chi connectivity index (χ2n) is 6.99. The summed E-state index contributed by atoms with van der Waals surface area (Å²) in [5.41, 5.74) is 1.04. The Morgan fingerprint density at radius 2 is 1.92 bits per heavy atom. The zero-order valence-electron chi connectivity index (χ0n) is 14.7. The number of carbonyl (C=O) groups excluding carboxylic acids is 2. The molecule has 132 valence electrons. The van der Waals surface area contributed by atoms with Crippen molar-refractivity contribution in [2.24, 2.45) is 11.8 Å². The quantitative estimate of drug-likeness (QED) is 0.870. The van der Waals surface area contributed by atoms with Crippen LogP contribution in [0.5, 0.6) is 0 Å². The maximum Gasteiger partial charge on any atom is 0.220 e. The van der Waals surface area contributed by atoms with E-state index in [0.717, 1.165) is 18.4 Å². The van der Waals surface area contributed by atoms with Crippen molar-refractivity contribution in [3.05, 3.63) is 35.6 Å². The number of hydrogen-bond donors (Lipinski definition) is 1. The normalized spacial score (nSPS) is 20.5. The average molecular weight is 334 g/mol. The summed E-state index contributed by atoms with van der Waals surface area (Å²) < 4.78 is 12.9. The Morgan fingerprint density at radius 3 is 2.50 bits per heavy atom. The number of amides is 2. The summed E-state index contributed by atoms with van der Waals surface area (Å²) in [5.74, 6) is 0.563. The third kappa shape index (κ3) is 5.05. The molecule has 0 aromatic heterocycles. The lowest BCUT2D eigenvalue weighted by molar-refractivity contribution is -0.128. The molecule has 0 unspecified atom stereocenters. The molecule has 0 spiro atoms. The van der Waals surface area contributed by atoms with Gasteiger partial charge in [-0.1, -0.05) is 26.0 Å². The van der Waals surface area contributed by atoms with Crippen molar-refractivity contribution in [3.8, 4) is 0 Å². The lowest BCUT2D eigenvalue weighted by Crippen LogP contribution is -2.42. The van der Waals surface area contributed by atoms with Gasteiger partial charge in [-0.15, -0.1) is 0 Å². The van der Waals surface area contributed by atoms with Gasteiger partial charge in [-0.3, -0.25) is 9.59 Å². The number of carbonyl (C=O) groups is 2. The zero-order valence-corrected chi connectivity index (χ0v) is 14.7. The summed E-state index contributed by atoms with van der Waals surface area (Å²) in [6, 6.07) is 6.43. The van der Waals surface area contributed by atoms with Gasteiger partial charge in [-0.2, -0.15) is 0 Å². The van der Waals surface area contributed by atoms with E-state index in [1.807, 2.05) is 4.90 Å². The SMILES string of the molecule is CC(=O)N1C[C@H](NC(=O)CCCc2ccc(F)cc2)[C@@H](C(C)C)C1. The standard InChI is InChI=1S/C19H27FN2O2/c1-13(2)17-11-22(14(3)23)12-18(17)21-19(24)6-4-5-15-7-9-16(20)10-8-15/h7-10,13,17-18H,4-6,11-12H2,1-3H3,(H,21,24)/t17-,18+/m1/s1. The summed E-state index contributed by atoms with van der Waals surface area (Å²) in [7, 11) is 0. The van der Waals surface area contributed by atoms with E-state index < -0.39 is 0 Å². The van der Waals surface area contributed by atoms with Crippen LogP contribution in [0.1, 0.15) is 39.2 Å². The Labute approximate surface area is 143 Å². The smallest absolute Gasteiger partial charge is 0.220 e.